The van der Waals surface area contributed by atoms with Crippen molar-refractivity contribution in [2.45, 2.75) is 24.9 Å². The van der Waals surface area contributed by atoms with Gasteiger partial charge in [-0.1, -0.05) is 17.7 Å². The molecule has 2 N–H and O–H groups in total. The van der Waals surface area contributed by atoms with Crippen LogP contribution in [-0.4, -0.2) is 4.98 Å². The molecule has 1 aromatic carbocycles. The molecule has 2 aromatic rings. The van der Waals surface area contributed by atoms with E-state index in [0.29, 0.717) is 10.7 Å². The Hall–Kier alpha value is -1.27. The number of nitrogens with zero attached hydrogens (tertiary/aromatic N) is 1. The van der Waals surface area contributed by atoms with Crippen LogP contribution >= 0.6 is 22.9 Å². The van der Waals surface area contributed by atoms with E-state index in [4.69, 9.17) is 17.3 Å². The molecule has 0 fully saturated rings. The monoisotopic (exact) mass is 318 g/mol. The van der Waals surface area contributed by atoms with Gasteiger partial charge >= 0.3 is 6.18 Å². The zero-order chi connectivity index (χ0) is 14.5. The summed E-state index contributed by atoms with van der Waals surface area (Å²) in [6.07, 6.45) is -2.94. The second-order valence-corrected chi connectivity index (χ2v) is 6.16. The van der Waals surface area contributed by atoms with Gasteiger partial charge < -0.3 is 5.73 Å². The number of alkyl halides is 3. The minimum absolute atomic E-state index is 0.0711. The Morgan fingerprint density at radius 1 is 1.35 bits per heavy atom. The van der Waals surface area contributed by atoms with Crippen LogP contribution in [0, 0.1) is 0 Å². The standard InChI is InChI=1S/C13H10ClF3N2S/c14-9-3-1-6(5-8(9)13(15,16)17)7-2-4-10-11(7)20-12(18)19-10/h1,3,5,7H,2,4H2,(H2,18,19). The molecule has 0 radical (unpaired) electrons. The molecule has 0 bridgehead atoms. The van der Waals surface area contributed by atoms with Gasteiger partial charge in [0.15, 0.2) is 5.13 Å². The van der Waals surface area contributed by atoms with Crippen LogP contribution in [0.4, 0.5) is 18.3 Å². The SMILES string of the molecule is Nc1nc2c(s1)C(c1ccc(Cl)c(C(F)(F)F)c1)CC2. The summed E-state index contributed by atoms with van der Waals surface area (Å²) in [6, 6.07) is 4.09. The van der Waals surface area contributed by atoms with Crippen molar-refractivity contribution in [2.75, 3.05) is 5.73 Å². The molecule has 20 heavy (non-hydrogen) atoms. The maximum absolute atomic E-state index is 12.9. The van der Waals surface area contributed by atoms with Crippen LogP contribution in [0.1, 0.15) is 34.0 Å². The fourth-order valence-corrected chi connectivity index (χ4v) is 3.81. The summed E-state index contributed by atoms with van der Waals surface area (Å²) in [4.78, 5) is 5.17. The van der Waals surface area contributed by atoms with Gasteiger partial charge in [-0.2, -0.15) is 13.2 Å². The maximum Gasteiger partial charge on any atom is 0.417 e. The summed E-state index contributed by atoms with van der Waals surface area (Å²) in [5.74, 6) is -0.0711. The zero-order valence-corrected chi connectivity index (χ0v) is 11.7. The lowest BCUT2D eigenvalue weighted by Gasteiger charge is -2.14. The number of rotatable bonds is 1. The topological polar surface area (TPSA) is 38.9 Å². The number of nitrogens with two attached hydrogens (primary N) is 1. The Labute approximate surface area is 122 Å². The van der Waals surface area contributed by atoms with Crippen LogP contribution in [0.25, 0.3) is 0 Å². The lowest BCUT2D eigenvalue weighted by Crippen LogP contribution is -2.07. The van der Waals surface area contributed by atoms with Crippen molar-refractivity contribution in [3.05, 3.63) is 44.9 Å². The summed E-state index contributed by atoms with van der Waals surface area (Å²) in [5, 5.41) is 0.188. The quantitative estimate of drug-likeness (QED) is 0.842. The van der Waals surface area contributed by atoms with E-state index in [1.807, 2.05) is 0 Å². The summed E-state index contributed by atoms with van der Waals surface area (Å²) >= 11 is 6.99. The Kier molecular flexibility index (Phi) is 3.17. The number of fused-ring (bicyclic) bond motifs is 1. The molecule has 1 atom stereocenters. The molecule has 1 unspecified atom stereocenters. The lowest BCUT2D eigenvalue weighted by atomic mass is 9.96. The largest absolute Gasteiger partial charge is 0.417 e. The second kappa shape index (κ2) is 4.63. The number of thiazole rings is 1. The van der Waals surface area contributed by atoms with Gasteiger partial charge in [0.05, 0.1) is 16.3 Å². The molecule has 7 heteroatoms. The lowest BCUT2D eigenvalue weighted by molar-refractivity contribution is -0.137. The molecule has 0 spiro atoms. The second-order valence-electron chi connectivity index (χ2n) is 4.69. The highest BCUT2D eigenvalue weighted by Gasteiger charge is 2.35. The van der Waals surface area contributed by atoms with Gasteiger partial charge in [0.2, 0.25) is 0 Å². The van der Waals surface area contributed by atoms with Gasteiger partial charge in [0.25, 0.3) is 0 Å². The minimum Gasteiger partial charge on any atom is -0.375 e. The van der Waals surface area contributed by atoms with Gasteiger partial charge in [-0.25, -0.2) is 4.98 Å². The normalized spacial score (nSPS) is 18.3. The molecule has 3 rings (SSSR count). The van der Waals surface area contributed by atoms with E-state index in [1.165, 1.54) is 17.4 Å². The summed E-state index contributed by atoms with van der Waals surface area (Å²) in [5.41, 5.74) is 6.39. The molecule has 1 aliphatic carbocycles. The molecule has 106 valence electrons. The molecular formula is C13H10ClF3N2S. The van der Waals surface area contributed by atoms with Crippen molar-refractivity contribution < 1.29 is 13.2 Å². The van der Waals surface area contributed by atoms with Gasteiger partial charge in [-0.05, 0) is 30.5 Å². The van der Waals surface area contributed by atoms with E-state index in [0.717, 1.165) is 29.5 Å². The van der Waals surface area contributed by atoms with E-state index >= 15 is 0 Å². The van der Waals surface area contributed by atoms with Crippen LogP contribution < -0.4 is 5.73 Å². The molecule has 1 heterocycles. The van der Waals surface area contributed by atoms with E-state index in [1.54, 1.807) is 6.07 Å². The maximum atomic E-state index is 12.9. The fourth-order valence-electron chi connectivity index (χ4n) is 2.54. The number of nitrogen functional groups attached to an aromatic ring is 1. The van der Waals surface area contributed by atoms with Crippen molar-refractivity contribution in [3.63, 3.8) is 0 Å². The van der Waals surface area contributed by atoms with Crippen LogP contribution in [0.15, 0.2) is 18.2 Å². The van der Waals surface area contributed by atoms with Crippen LogP contribution in [0.5, 0.6) is 0 Å². The average Bonchev–Trinajstić information content (AvgIpc) is 2.87. The first-order chi connectivity index (χ1) is 9.36. The zero-order valence-electron chi connectivity index (χ0n) is 10.2. The molecule has 1 aliphatic rings. The summed E-state index contributed by atoms with van der Waals surface area (Å²) < 4.78 is 38.7. The van der Waals surface area contributed by atoms with Crippen LogP contribution in [0.2, 0.25) is 5.02 Å². The van der Waals surface area contributed by atoms with E-state index in [-0.39, 0.29) is 10.9 Å². The van der Waals surface area contributed by atoms with E-state index < -0.39 is 11.7 Å². The molecular weight excluding hydrogens is 309 g/mol. The highest BCUT2D eigenvalue weighted by Crippen LogP contribution is 2.44. The number of hydrogen-bond acceptors (Lipinski definition) is 3. The van der Waals surface area contributed by atoms with Gasteiger partial charge in [0.1, 0.15) is 0 Å². The van der Waals surface area contributed by atoms with Crippen molar-refractivity contribution in [2.24, 2.45) is 0 Å². The van der Waals surface area contributed by atoms with Gasteiger partial charge in [-0.3, -0.25) is 0 Å². The summed E-state index contributed by atoms with van der Waals surface area (Å²) in [6.45, 7) is 0. The van der Waals surface area contributed by atoms with Crippen molar-refractivity contribution in [3.8, 4) is 0 Å². The van der Waals surface area contributed by atoms with E-state index in [9.17, 15) is 13.2 Å². The Morgan fingerprint density at radius 2 is 2.10 bits per heavy atom. The van der Waals surface area contributed by atoms with Gasteiger partial charge in [0, 0.05) is 10.8 Å². The Bertz CT molecular complexity index is 666. The first kappa shape index (κ1) is 13.7. The highest BCUT2D eigenvalue weighted by molar-refractivity contribution is 7.15. The predicted octanol–water partition coefficient (Wildman–Crippen LogP) is 4.48. The molecule has 1 aromatic heterocycles. The first-order valence-electron chi connectivity index (χ1n) is 5.98. The fraction of sp³-hybridized carbons (Fsp3) is 0.308. The Balaban J connectivity index is 2.04. The number of benzene rings is 1. The third-order valence-corrected chi connectivity index (χ3v) is 4.80. The number of aromatic nitrogens is 1. The minimum atomic E-state index is -4.44. The number of halogens is 4. The first-order valence-corrected chi connectivity index (χ1v) is 7.17. The van der Waals surface area contributed by atoms with Crippen molar-refractivity contribution >= 4 is 28.1 Å². The molecule has 2 nitrogen and oxygen atoms in total. The smallest absolute Gasteiger partial charge is 0.375 e. The highest BCUT2D eigenvalue weighted by atomic mass is 35.5. The number of anilines is 1. The summed E-state index contributed by atoms with van der Waals surface area (Å²) in [7, 11) is 0. The predicted molar refractivity (Wildman–Crippen MR) is 73.1 cm³/mol. The molecule has 0 amide bonds. The average molecular weight is 319 g/mol. The molecule has 0 saturated heterocycles. The van der Waals surface area contributed by atoms with Gasteiger partial charge in [-0.15, -0.1) is 11.3 Å². The molecule has 0 saturated carbocycles. The van der Waals surface area contributed by atoms with Crippen LogP contribution in [-0.2, 0) is 12.6 Å². The number of aryl methyl sites for hydroxylation is 1. The van der Waals surface area contributed by atoms with Crippen molar-refractivity contribution in [1.82, 2.24) is 4.98 Å². The third-order valence-electron chi connectivity index (χ3n) is 3.43. The van der Waals surface area contributed by atoms with Crippen LogP contribution in [0.3, 0.4) is 0 Å². The number of hydrogen-bond donors (Lipinski definition) is 1. The molecule has 0 aliphatic heterocycles. The Morgan fingerprint density at radius 3 is 2.80 bits per heavy atom. The van der Waals surface area contributed by atoms with Crippen molar-refractivity contribution in [1.29, 1.82) is 0 Å². The third kappa shape index (κ3) is 2.27. The van der Waals surface area contributed by atoms with E-state index in [2.05, 4.69) is 4.98 Å².